The van der Waals surface area contributed by atoms with Crippen molar-refractivity contribution in [1.29, 1.82) is 0 Å². The minimum Gasteiger partial charge on any atom is -0.445 e. The van der Waals surface area contributed by atoms with Crippen molar-refractivity contribution in [2.24, 2.45) is 23.2 Å². The van der Waals surface area contributed by atoms with E-state index in [2.05, 4.69) is 20.9 Å². The molecule has 4 N–H and O–H groups in total. The summed E-state index contributed by atoms with van der Waals surface area (Å²) in [6.07, 6.45) is 5.05. The summed E-state index contributed by atoms with van der Waals surface area (Å²) in [5.74, 6) is -0.363. The number of hydrogen-bond donors (Lipinski definition) is 4. The molecule has 2 aliphatic rings. The molecule has 0 bridgehead atoms. The molecule has 5 atom stereocenters. The van der Waals surface area contributed by atoms with Crippen molar-refractivity contribution >= 4 is 57.8 Å². The van der Waals surface area contributed by atoms with Gasteiger partial charge < -0.3 is 30.4 Å². The lowest BCUT2D eigenvalue weighted by Gasteiger charge is -2.38. The van der Waals surface area contributed by atoms with E-state index in [1.807, 2.05) is 64.1 Å². The number of aromatic amines is 1. The summed E-state index contributed by atoms with van der Waals surface area (Å²) < 4.78 is 10.9. The third-order valence-electron chi connectivity index (χ3n) is 11.7. The van der Waals surface area contributed by atoms with Crippen molar-refractivity contribution in [1.82, 2.24) is 20.9 Å². The predicted octanol–water partition coefficient (Wildman–Crippen LogP) is 8.10. The highest BCUT2D eigenvalue weighted by atomic mass is 35.5. The second kappa shape index (κ2) is 19.3. The van der Waals surface area contributed by atoms with Gasteiger partial charge in [-0.1, -0.05) is 94.1 Å². The Hall–Kier alpha value is -3.60. The lowest BCUT2D eigenvalue weighted by molar-refractivity contribution is -0.137. The van der Waals surface area contributed by atoms with Gasteiger partial charge in [-0.2, -0.15) is 0 Å². The molecule has 294 valence electrons. The molecule has 1 aliphatic heterocycles. The first kappa shape index (κ1) is 41.6. The van der Waals surface area contributed by atoms with Gasteiger partial charge in [0.2, 0.25) is 11.8 Å². The molecular weight excluding hydrogens is 727 g/mol. The molecule has 0 saturated carbocycles. The number of H-pyrrole nitrogens is 1. The van der Waals surface area contributed by atoms with Crippen LogP contribution < -0.4 is 16.0 Å². The van der Waals surface area contributed by atoms with Crippen LogP contribution >= 0.6 is 23.2 Å². The first-order valence-electron chi connectivity index (χ1n) is 19.6. The number of carbonyl (C=O) groups is 4. The maximum Gasteiger partial charge on any atom is 0.408 e. The normalized spacial score (nSPS) is 19.6. The molecule has 3 aromatic rings. The summed E-state index contributed by atoms with van der Waals surface area (Å²) in [7, 11) is 0. The van der Waals surface area contributed by atoms with Crippen molar-refractivity contribution in [3.63, 3.8) is 0 Å². The first-order valence-corrected chi connectivity index (χ1v) is 20.3. The smallest absolute Gasteiger partial charge is 0.408 e. The molecule has 1 aliphatic carbocycles. The monoisotopic (exact) mass is 782 g/mol. The minimum absolute atomic E-state index is 0.100. The van der Waals surface area contributed by atoms with Gasteiger partial charge in [0.25, 0.3) is 0 Å². The third-order valence-corrected chi connectivity index (χ3v) is 12.2. The molecule has 0 spiro atoms. The molecule has 1 saturated heterocycles. The average Bonchev–Trinajstić information content (AvgIpc) is 3.55. The number of nitrogens with one attached hydrogen (secondary N) is 4. The van der Waals surface area contributed by atoms with Crippen LogP contribution in [0.25, 0.3) is 10.9 Å². The van der Waals surface area contributed by atoms with Crippen molar-refractivity contribution < 1.29 is 28.7 Å². The third kappa shape index (κ3) is 10.4. The molecule has 12 heteroatoms. The number of carbonyl (C=O) groups excluding carboxylic acids is 4. The zero-order valence-corrected chi connectivity index (χ0v) is 33.5. The molecule has 1 aromatic heterocycles. The van der Waals surface area contributed by atoms with E-state index >= 15 is 0 Å². The maximum absolute atomic E-state index is 14.7. The fourth-order valence-electron chi connectivity index (χ4n) is 7.78. The molecule has 1 fully saturated rings. The SMILES string of the molecule is CCC(C)[C@H](NC(=O)OCc1ccccc1)C(=O)CCC[C@@]1(C(=O)N[C@H](C(=O)NCC2CCOCC2)C(C)CC)CCc2[nH]c3c(Cl)cc(Cl)cc3c2C1. The van der Waals surface area contributed by atoms with Crippen LogP contribution in [0.5, 0.6) is 0 Å². The second-order valence-electron chi connectivity index (χ2n) is 15.4. The number of fused-ring (bicyclic) bond motifs is 3. The minimum atomic E-state index is -0.905. The number of aryl methyl sites for hydroxylation is 1. The van der Waals surface area contributed by atoms with Gasteiger partial charge >= 0.3 is 6.09 Å². The Morgan fingerprint density at radius 3 is 2.39 bits per heavy atom. The lowest BCUT2D eigenvalue weighted by atomic mass is 9.68. The van der Waals surface area contributed by atoms with Crippen LogP contribution in [-0.2, 0) is 43.3 Å². The summed E-state index contributed by atoms with van der Waals surface area (Å²) in [4.78, 5) is 58.6. The Morgan fingerprint density at radius 2 is 1.69 bits per heavy atom. The number of rotatable bonds is 17. The van der Waals surface area contributed by atoms with E-state index in [-0.39, 0.29) is 42.5 Å². The van der Waals surface area contributed by atoms with Gasteiger partial charge in [-0.25, -0.2) is 4.79 Å². The van der Waals surface area contributed by atoms with E-state index in [0.717, 1.165) is 40.6 Å². The van der Waals surface area contributed by atoms with Crippen LogP contribution in [0.15, 0.2) is 42.5 Å². The highest BCUT2D eigenvalue weighted by Crippen LogP contribution is 2.44. The summed E-state index contributed by atoms with van der Waals surface area (Å²) in [6, 6.07) is 11.5. The Kier molecular flexibility index (Phi) is 14.9. The second-order valence-corrected chi connectivity index (χ2v) is 16.2. The van der Waals surface area contributed by atoms with Crippen LogP contribution in [0.3, 0.4) is 0 Å². The van der Waals surface area contributed by atoms with Crippen molar-refractivity contribution in [3.05, 3.63) is 69.3 Å². The number of alkyl carbamates (subject to hydrolysis) is 1. The van der Waals surface area contributed by atoms with Gasteiger partial charge in [-0.05, 0) is 86.0 Å². The average molecular weight is 784 g/mol. The Morgan fingerprint density at radius 1 is 0.981 bits per heavy atom. The fourth-order valence-corrected chi connectivity index (χ4v) is 8.32. The number of hydrogen-bond acceptors (Lipinski definition) is 6. The highest BCUT2D eigenvalue weighted by molar-refractivity contribution is 6.38. The van der Waals surface area contributed by atoms with Crippen LogP contribution in [0, 0.1) is 23.2 Å². The number of ketones is 1. The van der Waals surface area contributed by atoms with Crippen LogP contribution in [0.4, 0.5) is 4.79 Å². The number of Topliss-reactive ketones (excluding diaryl/α,β-unsaturated/α-hetero) is 1. The fraction of sp³-hybridized carbons (Fsp3) is 0.571. The molecular formula is C42H56Cl2N4O6. The van der Waals surface area contributed by atoms with Gasteiger partial charge in [-0.3, -0.25) is 14.4 Å². The van der Waals surface area contributed by atoms with Crippen molar-refractivity contribution in [2.45, 2.75) is 111 Å². The van der Waals surface area contributed by atoms with Crippen molar-refractivity contribution in [3.8, 4) is 0 Å². The lowest BCUT2D eigenvalue weighted by Crippen LogP contribution is -2.55. The molecule has 5 rings (SSSR count). The van der Waals surface area contributed by atoms with Gasteiger partial charge in [0.05, 0.1) is 22.0 Å². The Balaban J connectivity index is 1.34. The summed E-state index contributed by atoms with van der Waals surface area (Å²) >= 11 is 13.1. The predicted molar refractivity (Wildman–Crippen MR) is 213 cm³/mol. The van der Waals surface area contributed by atoms with E-state index in [0.29, 0.717) is 80.7 Å². The van der Waals surface area contributed by atoms with E-state index in [4.69, 9.17) is 32.7 Å². The number of benzene rings is 2. The summed E-state index contributed by atoms with van der Waals surface area (Å²) in [6.45, 7) is 9.95. The maximum atomic E-state index is 14.7. The molecule has 2 heterocycles. The quantitative estimate of drug-likeness (QED) is 0.109. The zero-order chi connectivity index (χ0) is 38.8. The van der Waals surface area contributed by atoms with E-state index < -0.39 is 23.6 Å². The number of halogens is 2. The molecule has 3 amide bonds. The highest BCUT2D eigenvalue weighted by Gasteiger charge is 2.44. The van der Waals surface area contributed by atoms with Crippen LogP contribution in [-0.4, -0.2) is 60.5 Å². The van der Waals surface area contributed by atoms with Gasteiger partial charge in [0, 0.05) is 42.3 Å². The van der Waals surface area contributed by atoms with Gasteiger partial charge in [0.15, 0.2) is 5.78 Å². The standard InChI is InChI=1S/C42H56Cl2N4O6/c1-5-26(3)36(48-41(52)54-25-29-11-8-7-9-12-29)35(49)13-10-17-42(18-14-34-32(23-42)31-21-30(43)22-33(44)38(31)46-34)40(51)47-37(27(4)6-2)39(50)45-24-28-15-19-53-20-16-28/h7-9,11-12,21-22,26-28,36-37,46H,5-6,10,13-20,23-25H2,1-4H3,(H,45,50)(H,47,51)(H,48,52)/t26?,27?,36-,37-,42+/m0/s1. The summed E-state index contributed by atoms with van der Waals surface area (Å²) in [5.41, 5.74) is 2.72. The number of amides is 3. The molecule has 2 aromatic carbocycles. The van der Waals surface area contributed by atoms with E-state index in [9.17, 15) is 19.2 Å². The largest absolute Gasteiger partial charge is 0.445 e. The van der Waals surface area contributed by atoms with E-state index in [1.54, 1.807) is 6.07 Å². The molecule has 0 radical (unpaired) electrons. The van der Waals surface area contributed by atoms with Crippen LogP contribution in [0.1, 0.15) is 95.9 Å². The molecule has 10 nitrogen and oxygen atoms in total. The Bertz CT molecular complexity index is 1760. The van der Waals surface area contributed by atoms with Gasteiger partial charge in [0.1, 0.15) is 12.6 Å². The van der Waals surface area contributed by atoms with E-state index in [1.165, 1.54) is 0 Å². The molecule has 54 heavy (non-hydrogen) atoms. The topological polar surface area (TPSA) is 139 Å². The van der Waals surface area contributed by atoms with Crippen LogP contribution in [0.2, 0.25) is 10.0 Å². The number of ether oxygens (including phenoxy) is 2. The first-order chi connectivity index (χ1) is 25.9. The summed E-state index contributed by atoms with van der Waals surface area (Å²) in [5, 5.41) is 11.0. The zero-order valence-electron chi connectivity index (χ0n) is 32.0. The number of aromatic nitrogens is 1. The van der Waals surface area contributed by atoms with Crippen molar-refractivity contribution in [2.75, 3.05) is 19.8 Å². The Labute approximate surface area is 329 Å². The molecule has 2 unspecified atom stereocenters. The van der Waals surface area contributed by atoms with Gasteiger partial charge in [-0.15, -0.1) is 0 Å².